The smallest absolute Gasteiger partial charge is 0.450 e. The molecule has 9 heteroatoms. The fraction of sp³-hybridized carbons (Fsp3) is 0.897. The zero-order valence-electron chi connectivity index (χ0n) is 24.1. The van der Waals surface area contributed by atoms with Gasteiger partial charge in [-0.05, 0) is 24.7 Å². The molecule has 1 saturated carbocycles. The predicted molar refractivity (Wildman–Crippen MR) is 144 cm³/mol. The molecule has 2 unspecified atom stereocenters. The molecule has 0 spiro atoms. The fourth-order valence-corrected chi connectivity index (χ4v) is 4.62. The maximum Gasteiger partial charge on any atom is 0.508 e. The van der Waals surface area contributed by atoms with E-state index in [0.717, 1.165) is 50.4 Å². The van der Waals surface area contributed by atoms with Crippen LogP contribution in [0.4, 0.5) is 14.4 Å². The Labute approximate surface area is 229 Å². The van der Waals surface area contributed by atoms with Gasteiger partial charge in [0.05, 0.1) is 13.2 Å². The summed E-state index contributed by atoms with van der Waals surface area (Å²) < 4.78 is 26.0. The van der Waals surface area contributed by atoms with Crippen LogP contribution >= 0.6 is 0 Å². The van der Waals surface area contributed by atoms with Gasteiger partial charge in [-0.2, -0.15) is 0 Å². The van der Waals surface area contributed by atoms with Crippen molar-refractivity contribution in [3.8, 4) is 0 Å². The van der Waals surface area contributed by atoms with Crippen LogP contribution in [-0.4, -0.2) is 55.1 Å². The van der Waals surface area contributed by atoms with E-state index in [0.29, 0.717) is 0 Å². The molecule has 0 heterocycles. The molecular weight excluding hydrogens is 492 g/mol. The Morgan fingerprint density at radius 1 is 0.579 bits per heavy atom. The normalized spacial score (nSPS) is 19.3. The molecule has 2 atom stereocenters. The highest BCUT2D eigenvalue weighted by molar-refractivity contribution is 5.61. The van der Waals surface area contributed by atoms with E-state index in [1.54, 1.807) is 0 Å². The van der Waals surface area contributed by atoms with Crippen molar-refractivity contribution < 1.29 is 43.2 Å². The van der Waals surface area contributed by atoms with E-state index in [-0.39, 0.29) is 32.5 Å². The summed E-state index contributed by atoms with van der Waals surface area (Å²) >= 11 is 0. The fourth-order valence-electron chi connectivity index (χ4n) is 4.62. The number of carboxylic acid groups (broad SMARTS) is 1. The van der Waals surface area contributed by atoms with Gasteiger partial charge in [0.1, 0.15) is 18.3 Å². The average molecular weight is 545 g/mol. The number of carbonyl (C=O) groups is 3. The topological polar surface area (TPSA) is 118 Å². The van der Waals surface area contributed by atoms with Gasteiger partial charge in [0, 0.05) is 19.3 Å². The first-order valence-electron chi connectivity index (χ1n) is 14.7. The molecule has 222 valence electrons. The van der Waals surface area contributed by atoms with Crippen LogP contribution in [0.1, 0.15) is 124 Å². The number of unbranched alkanes of at least 4 members (excludes halogenated alkanes) is 8. The molecular formula is C29H52O9. The maximum atomic E-state index is 12.1. The quantitative estimate of drug-likeness (QED) is 0.0973. The Bertz CT molecular complexity index is 604. The summed E-state index contributed by atoms with van der Waals surface area (Å²) in [5.74, 6) is 1.45. The minimum absolute atomic E-state index is 0.184. The summed E-state index contributed by atoms with van der Waals surface area (Å²) in [5, 5.41) is 9.01. The van der Waals surface area contributed by atoms with Crippen molar-refractivity contribution in [2.45, 2.75) is 142 Å². The van der Waals surface area contributed by atoms with Crippen LogP contribution in [0.5, 0.6) is 0 Å². The molecule has 0 aromatic carbocycles. The molecule has 1 fully saturated rings. The highest BCUT2D eigenvalue weighted by atomic mass is 16.7. The van der Waals surface area contributed by atoms with Gasteiger partial charge in [-0.3, -0.25) is 0 Å². The molecule has 1 aliphatic rings. The number of carbonyl (C=O) groups excluding carboxylic acids is 2. The molecule has 1 rings (SSSR count). The van der Waals surface area contributed by atoms with Crippen LogP contribution < -0.4 is 0 Å². The molecule has 0 aromatic rings. The van der Waals surface area contributed by atoms with Gasteiger partial charge in [0.15, 0.2) is 0 Å². The molecule has 1 N–H and O–H groups in total. The Balaban J connectivity index is 2.30. The van der Waals surface area contributed by atoms with Crippen molar-refractivity contribution >= 4 is 18.5 Å². The van der Waals surface area contributed by atoms with E-state index in [2.05, 4.69) is 27.7 Å². The maximum absolute atomic E-state index is 12.1. The monoisotopic (exact) mass is 544 g/mol. The molecule has 0 aromatic heterocycles. The van der Waals surface area contributed by atoms with Gasteiger partial charge in [-0.25, -0.2) is 14.4 Å². The first-order chi connectivity index (χ1) is 18.2. The van der Waals surface area contributed by atoms with Crippen LogP contribution in [0.2, 0.25) is 0 Å². The lowest BCUT2D eigenvalue weighted by Crippen LogP contribution is -2.40. The molecule has 0 aliphatic heterocycles. The van der Waals surface area contributed by atoms with Gasteiger partial charge < -0.3 is 28.8 Å². The number of ether oxygens (including phenoxy) is 5. The SMILES string of the molecule is CC(C)CCCCCCCOC(=O)OC1CC(OC(=O)O)CC(OC(=O)OCCCCCCCC(C)C)C1. The van der Waals surface area contributed by atoms with Gasteiger partial charge in [-0.15, -0.1) is 0 Å². The second-order valence-corrected chi connectivity index (χ2v) is 11.3. The van der Waals surface area contributed by atoms with Crippen molar-refractivity contribution in [2.24, 2.45) is 11.8 Å². The Kier molecular flexibility index (Phi) is 18.5. The van der Waals surface area contributed by atoms with E-state index < -0.39 is 36.8 Å². The predicted octanol–water partition coefficient (Wildman–Crippen LogP) is 8.27. The largest absolute Gasteiger partial charge is 0.508 e. The Morgan fingerprint density at radius 3 is 1.29 bits per heavy atom. The number of hydrogen-bond acceptors (Lipinski definition) is 8. The van der Waals surface area contributed by atoms with Crippen molar-refractivity contribution in [2.75, 3.05) is 13.2 Å². The average Bonchev–Trinajstić information content (AvgIpc) is 2.81. The van der Waals surface area contributed by atoms with E-state index in [1.165, 1.54) is 38.5 Å². The molecule has 0 saturated heterocycles. The van der Waals surface area contributed by atoms with E-state index in [4.69, 9.17) is 28.8 Å². The van der Waals surface area contributed by atoms with Crippen LogP contribution in [0.15, 0.2) is 0 Å². The zero-order chi connectivity index (χ0) is 28.2. The third-order valence-electron chi connectivity index (χ3n) is 6.66. The second kappa shape index (κ2) is 20.7. The lowest BCUT2D eigenvalue weighted by molar-refractivity contribution is -0.0739. The summed E-state index contributed by atoms with van der Waals surface area (Å²) in [7, 11) is 0. The minimum atomic E-state index is -1.43. The van der Waals surface area contributed by atoms with E-state index >= 15 is 0 Å². The minimum Gasteiger partial charge on any atom is -0.450 e. The van der Waals surface area contributed by atoms with Crippen molar-refractivity contribution in [1.82, 2.24) is 0 Å². The summed E-state index contributed by atoms with van der Waals surface area (Å²) in [6.07, 6.45) is 8.42. The van der Waals surface area contributed by atoms with Crippen LogP contribution in [-0.2, 0) is 23.7 Å². The lowest BCUT2D eigenvalue weighted by Gasteiger charge is -2.32. The van der Waals surface area contributed by atoms with Gasteiger partial charge in [0.2, 0.25) is 0 Å². The Hall–Kier alpha value is -2.19. The third-order valence-corrected chi connectivity index (χ3v) is 6.66. The summed E-state index contributed by atoms with van der Waals surface area (Å²) in [6.45, 7) is 9.43. The lowest BCUT2D eigenvalue weighted by atomic mass is 9.92. The Morgan fingerprint density at radius 2 is 0.921 bits per heavy atom. The van der Waals surface area contributed by atoms with Crippen molar-refractivity contribution in [3.05, 3.63) is 0 Å². The van der Waals surface area contributed by atoms with E-state index in [1.807, 2.05) is 0 Å². The third kappa shape index (κ3) is 19.0. The number of rotatable bonds is 19. The van der Waals surface area contributed by atoms with Gasteiger partial charge >= 0.3 is 18.5 Å². The summed E-state index contributed by atoms with van der Waals surface area (Å²) in [5.41, 5.74) is 0. The van der Waals surface area contributed by atoms with Gasteiger partial charge in [-0.1, -0.05) is 91.9 Å². The molecule has 38 heavy (non-hydrogen) atoms. The molecule has 1 aliphatic carbocycles. The summed E-state index contributed by atoms with van der Waals surface area (Å²) in [4.78, 5) is 35.3. The van der Waals surface area contributed by atoms with Crippen LogP contribution in [0, 0.1) is 11.8 Å². The van der Waals surface area contributed by atoms with Crippen LogP contribution in [0.25, 0.3) is 0 Å². The molecule has 0 radical (unpaired) electrons. The van der Waals surface area contributed by atoms with Crippen molar-refractivity contribution in [3.63, 3.8) is 0 Å². The molecule has 9 nitrogen and oxygen atoms in total. The second-order valence-electron chi connectivity index (χ2n) is 11.3. The van der Waals surface area contributed by atoms with E-state index in [9.17, 15) is 14.4 Å². The first-order valence-corrected chi connectivity index (χ1v) is 14.7. The molecule has 0 amide bonds. The first kappa shape index (κ1) is 33.8. The van der Waals surface area contributed by atoms with Crippen LogP contribution in [0.3, 0.4) is 0 Å². The van der Waals surface area contributed by atoms with Gasteiger partial charge in [0.25, 0.3) is 0 Å². The highest BCUT2D eigenvalue weighted by Crippen LogP contribution is 2.27. The molecule has 0 bridgehead atoms. The standard InChI is InChI=1S/C29H52O9/c1-22(2)15-11-7-5-9-13-17-34-28(32)37-25-19-24(36-27(30)31)20-26(21-25)38-29(33)35-18-14-10-6-8-12-16-23(3)4/h22-26H,5-21H2,1-4H3,(H,30,31). The zero-order valence-corrected chi connectivity index (χ0v) is 24.1. The highest BCUT2D eigenvalue weighted by Gasteiger charge is 2.36. The van der Waals surface area contributed by atoms with Crippen molar-refractivity contribution in [1.29, 1.82) is 0 Å². The summed E-state index contributed by atoms with van der Waals surface area (Å²) in [6, 6.07) is 0. The number of hydrogen-bond donors (Lipinski definition) is 1.